The molecule has 2 N–H and O–H groups in total. The molecule has 0 saturated heterocycles. The standard InChI is InChI=1S/C22H19N5O3/c1-29-18-8-6-17(7-9-18)24-22(28)25-19-5-3-2-4-16(19)14-20-26-21(27-30-20)15-10-12-23-13-11-15/h2-13H,14H2,1H3,(H2,24,25,28). The fourth-order valence-electron chi connectivity index (χ4n) is 2.86. The van der Waals surface area contributed by atoms with Gasteiger partial charge in [0.2, 0.25) is 11.7 Å². The fourth-order valence-corrected chi connectivity index (χ4v) is 2.86. The van der Waals surface area contributed by atoms with E-state index in [1.807, 2.05) is 36.4 Å². The first-order valence-corrected chi connectivity index (χ1v) is 9.24. The number of amides is 2. The summed E-state index contributed by atoms with van der Waals surface area (Å²) in [4.78, 5) is 20.8. The second kappa shape index (κ2) is 8.87. The molecule has 0 fully saturated rings. The zero-order chi connectivity index (χ0) is 20.8. The normalized spacial score (nSPS) is 10.4. The highest BCUT2D eigenvalue weighted by atomic mass is 16.5. The Morgan fingerprint density at radius 3 is 2.53 bits per heavy atom. The van der Waals surface area contributed by atoms with Gasteiger partial charge in [-0.1, -0.05) is 23.4 Å². The maximum absolute atomic E-state index is 12.4. The van der Waals surface area contributed by atoms with Crippen LogP contribution >= 0.6 is 0 Å². The van der Waals surface area contributed by atoms with Gasteiger partial charge in [-0.25, -0.2) is 4.79 Å². The Morgan fingerprint density at radius 2 is 1.77 bits per heavy atom. The molecule has 0 radical (unpaired) electrons. The van der Waals surface area contributed by atoms with Crippen LogP contribution in [0, 0.1) is 0 Å². The lowest BCUT2D eigenvalue weighted by Gasteiger charge is -2.11. The van der Waals surface area contributed by atoms with E-state index in [4.69, 9.17) is 9.26 Å². The molecule has 8 nitrogen and oxygen atoms in total. The second-order valence-corrected chi connectivity index (χ2v) is 6.39. The monoisotopic (exact) mass is 401 g/mol. The van der Waals surface area contributed by atoms with Gasteiger partial charge in [0.15, 0.2) is 0 Å². The second-order valence-electron chi connectivity index (χ2n) is 6.39. The highest BCUT2D eigenvalue weighted by Crippen LogP contribution is 2.21. The summed E-state index contributed by atoms with van der Waals surface area (Å²) < 4.78 is 10.5. The first-order valence-electron chi connectivity index (χ1n) is 9.24. The van der Waals surface area contributed by atoms with Gasteiger partial charge in [-0.05, 0) is 48.0 Å². The van der Waals surface area contributed by atoms with Gasteiger partial charge in [-0.15, -0.1) is 0 Å². The number of urea groups is 1. The van der Waals surface area contributed by atoms with Gasteiger partial charge >= 0.3 is 6.03 Å². The van der Waals surface area contributed by atoms with Crippen molar-refractivity contribution in [3.8, 4) is 17.1 Å². The zero-order valence-electron chi connectivity index (χ0n) is 16.2. The van der Waals surface area contributed by atoms with Gasteiger partial charge in [-0.2, -0.15) is 4.98 Å². The number of methoxy groups -OCH3 is 1. The number of aromatic nitrogens is 3. The quantitative estimate of drug-likeness (QED) is 0.497. The smallest absolute Gasteiger partial charge is 0.323 e. The Kier molecular flexibility index (Phi) is 5.66. The molecule has 2 aromatic carbocycles. The highest BCUT2D eigenvalue weighted by Gasteiger charge is 2.13. The Hall–Kier alpha value is -4.20. The Labute approximate surface area is 172 Å². The molecule has 0 bridgehead atoms. The Morgan fingerprint density at radius 1 is 1.00 bits per heavy atom. The largest absolute Gasteiger partial charge is 0.497 e. The minimum absolute atomic E-state index is 0.351. The van der Waals surface area contributed by atoms with Crippen molar-refractivity contribution in [3.05, 3.63) is 84.5 Å². The van der Waals surface area contributed by atoms with Crippen LogP contribution in [0.5, 0.6) is 5.75 Å². The van der Waals surface area contributed by atoms with E-state index in [-0.39, 0.29) is 6.03 Å². The molecule has 0 aliphatic rings. The predicted molar refractivity (Wildman–Crippen MR) is 112 cm³/mol. The summed E-state index contributed by atoms with van der Waals surface area (Å²) in [6, 6.07) is 17.8. The summed E-state index contributed by atoms with van der Waals surface area (Å²) >= 11 is 0. The van der Waals surface area contributed by atoms with E-state index in [0.29, 0.717) is 29.5 Å². The summed E-state index contributed by atoms with van der Waals surface area (Å²) in [6.07, 6.45) is 3.73. The number of pyridine rings is 1. The zero-order valence-corrected chi connectivity index (χ0v) is 16.2. The third-order valence-corrected chi connectivity index (χ3v) is 4.36. The molecule has 30 heavy (non-hydrogen) atoms. The fraction of sp³-hybridized carbons (Fsp3) is 0.0909. The van der Waals surface area contributed by atoms with Gasteiger partial charge in [0.05, 0.1) is 13.5 Å². The number of nitrogens with one attached hydrogen (secondary N) is 2. The van der Waals surface area contributed by atoms with Crippen molar-refractivity contribution in [3.63, 3.8) is 0 Å². The molecule has 4 aromatic rings. The maximum atomic E-state index is 12.4. The lowest BCUT2D eigenvalue weighted by Crippen LogP contribution is -2.20. The summed E-state index contributed by atoms with van der Waals surface area (Å²) in [5.41, 5.74) is 2.99. The van der Waals surface area contributed by atoms with Gasteiger partial charge in [0, 0.05) is 29.3 Å². The lowest BCUT2D eigenvalue weighted by molar-refractivity contribution is 0.262. The number of carbonyl (C=O) groups excluding carboxylic acids is 1. The average molecular weight is 401 g/mol. The van der Waals surface area contributed by atoms with E-state index >= 15 is 0 Å². The predicted octanol–water partition coefficient (Wildman–Crippen LogP) is 4.38. The molecule has 4 rings (SSSR count). The molecule has 8 heteroatoms. The first kappa shape index (κ1) is 19.1. The molecule has 0 aliphatic carbocycles. The van der Waals surface area contributed by atoms with Crippen molar-refractivity contribution in [2.45, 2.75) is 6.42 Å². The van der Waals surface area contributed by atoms with E-state index in [0.717, 1.165) is 16.9 Å². The number of rotatable bonds is 6. The van der Waals surface area contributed by atoms with Gasteiger partial charge < -0.3 is 19.9 Å². The van der Waals surface area contributed by atoms with Gasteiger partial charge in [-0.3, -0.25) is 4.98 Å². The van der Waals surface area contributed by atoms with E-state index in [2.05, 4.69) is 25.8 Å². The minimum Gasteiger partial charge on any atom is -0.497 e. The molecule has 2 amide bonds. The number of anilines is 2. The molecule has 0 spiro atoms. The Balaban J connectivity index is 1.45. The van der Waals surface area contributed by atoms with E-state index < -0.39 is 0 Å². The van der Waals surface area contributed by atoms with Crippen LogP contribution in [-0.2, 0) is 6.42 Å². The Bertz CT molecular complexity index is 1130. The van der Waals surface area contributed by atoms with Crippen molar-refractivity contribution in [2.24, 2.45) is 0 Å². The molecule has 0 atom stereocenters. The lowest BCUT2D eigenvalue weighted by atomic mass is 10.1. The highest BCUT2D eigenvalue weighted by molar-refractivity contribution is 6.00. The van der Waals surface area contributed by atoms with Crippen LogP contribution in [-0.4, -0.2) is 28.3 Å². The average Bonchev–Trinajstić information content (AvgIpc) is 3.25. The molecular weight excluding hydrogens is 382 g/mol. The number of ether oxygens (including phenoxy) is 1. The van der Waals surface area contributed by atoms with Crippen LogP contribution < -0.4 is 15.4 Å². The molecule has 0 aliphatic heterocycles. The van der Waals surface area contributed by atoms with Crippen LogP contribution in [0.2, 0.25) is 0 Å². The van der Waals surface area contributed by atoms with Crippen molar-refractivity contribution in [2.75, 3.05) is 17.7 Å². The minimum atomic E-state index is -0.351. The first-order chi connectivity index (χ1) is 14.7. The number of hydrogen-bond donors (Lipinski definition) is 2. The summed E-state index contributed by atoms with van der Waals surface area (Å²) in [5, 5.41) is 9.68. The maximum Gasteiger partial charge on any atom is 0.323 e. The SMILES string of the molecule is COc1ccc(NC(=O)Nc2ccccc2Cc2nc(-c3ccncc3)no2)cc1. The number of para-hydroxylation sites is 1. The van der Waals surface area contributed by atoms with E-state index in [1.165, 1.54) is 0 Å². The van der Waals surface area contributed by atoms with E-state index in [9.17, 15) is 4.79 Å². The molecule has 150 valence electrons. The van der Waals surface area contributed by atoms with Gasteiger partial charge in [0.1, 0.15) is 5.75 Å². The molecule has 0 unspecified atom stereocenters. The summed E-state index contributed by atoms with van der Waals surface area (Å²) in [7, 11) is 1.59. The molecule has 0 saturated carbocycles. The van der Waals surface area contributed by atoms with Crippen molar-refractivity contribution >= 4 is 17.4 Å². The molecule has 2 aromatic heterocycles. The number of nitrogens with zero attached hydrogens (tertiary/aromatic N) is 3. The topological polar surface area (TPSA) is 102 Å². The third kappa shape index (κ3) is 4.61. The number of carbonyl (C=O) groups is 1. The molecule has 2 heterocycles. The molecular formula is C22H19N5O3. The number of benzene rings is 2. The van der Waals surface area contributed by atoms with Crippen molar-refractivity contribution in [1.29, 1.82) is 0 Å². The van der Waals surface area contributed by atoms with E-state index in [1.54, 1.807) is 43.8 Å². The summed E-state index contributed by atoms with van der Waals surface area (Å²) in [6.45, 7) is 0. The van der Waals surface area contributed by atoms with Crippen LogP contribution in [0.4, 0.5) is 16.2 Å². The van der Waals surface area contributed by atoms with Gasteiger partial charge in [0.25, 0.3) is 0 Å². The summed E-state index contributed by atoms with van der Waals surface area (Å²) in [5.74, 6) is 1.67. The van der Waals surface area contributed by atoms with Crippen LogP contribution in [0.25, 0.3) is 11.4 Å². The van der Waals surface area contributed by atoms with Crippen molar-refractivity contribution in [1.82, 2.24) is 15.1 Å². The van der Waals surface area contributed by atoms with Crippen molar-refractivity contribution < 1.29 is 14.1 Å². The number of hydrogen-bond acceptors (Lipinski definition) is 6. The van der Waals surface area contributed by atoms with Crippen LogP contribution in [0.15, 0.2) is 77.6 Å². The van der Waals surface area contributed by atoms with Crippen LogP contribution in [0.3, 0.4) is 0 Å². The van der Waals surface area contributed by atoms with Crippen LogP contribution in [0.1, 0.15) is 11.5 Å². The third-order valence-electron chi connectivity index (χ3n) is 4.36.